The van der Waals surface area contributed by atoms with Gasteiger partial charge in [-0.05, 0) is 110 Å². The highest BCUT2D eigenvalue weighted by molar-refractivity contribution is 14.1. The second-order valence-electron chi connectivity index (χ2n) is 8.48. The van der Waals surface area contributed by atoms with Crippen LogP contribution in [0.5, 0.6) is 5.75 Å². The Bertz CT molecular complexity index is 1450. The van der Waals surface area contributed by atoms with Crippen molar-refractivity contribution >= 4 is 85.2 Å². The van der Waals surface area contributed by atoms with Crippen LogP contribution in [0, 0.1) is 10.7 Å². The van der Waals surface area contributed by atoms with Crippen LogP contribution in [0.4, 0.5) is 0 Å². The summed E-state index contributed by atoms with van der Waals surface area (Å²) in [5, 5.41) is 3.32. The summed E-state index contributed by atoms with van der Waals surface area (Å²) < 4.78 is 14.3. The van der Waals surface area contributed by atoms with Crippen LogP contribution in [-0.2, 0) is 16.1 Å². The number of fused-ring (bicyclic) bond motifs is 2. The van der Waals surface area contributed by atoms with Crippen LogP contribution in [0.15, 0.2) is 77.5 Å². The summed E-state index contributed by atoms with van der Waals surface area (Å²) in [5.41, 5.74) is 5.88. The number of nitrogens with one attached hydrogen (secondary N) is 1. The Balaban J connectivity index is 1.57. The number of carbonyl (C=O) groups is 2. The first-order valence-electron chi connectivity index (χ1n) is 11.1. The molecule has 0 saturated carbocycles. The zero-order valence-electron chi connectivity index (χ0n) is 19.3. The number of hydrogen-bond donors (Lipinski definition) is 1. The first-order valence-corrected chi connectivity index (χ1v) is 14.3. The van der Waals surface area contributed by atoms with Crippen LogP contribution in [0.25, 0.3) is 5.70 Å². The number of rotatable bonds is 5. The Labute approximate surface area is 250 Å². The second kappa shape index (κ2) is 10.4. The van der Waals surface area contributed by atoms with E-state index in [0.29, 0.717) is 29.0 Å². The molecule has 0 spiro atoms. The van der Waals surface area contributed by atoms with Crippen LogP contribution < -0.4 is 10.1 Å². The summed E-state index contributed by atoms with van der Waals surface area (Å²) in [6.07, 6.45) is 0. The number of ether oxygens (including phenoxy) is 2. The third-order valence-electron chi connectivity index (χ3n) is 6.30. The molecule has 0 saturated heterocycles. The van der Waals surface area contributed by atoms with Crippen molar-refractivity contribution in [2.24, 2.45) is 0 Å². The van der Waals surface area contributed by atoms with Gasteiger partial charge in [0.2, 0.25) is 0 Å². The Hall–Kier alpha value is -1.93. The van der Waals surface area contributed by atoms with E-state index in [0.717, 1.165) is 35.3 Å². The van der Waals surface area contributed by atoms with Gasteiger partial charge >= 0.3 is 5.97 Å². The van der Waals surface area contributed by atoms with E-state index in [1.807, 2.05) is 43.3 Å². The Morgan fingerprint density at radius 3 is 2.25 bits per heavy atom. The number of allylic oxidation sites excluding steroid dienone is 2. The molecule has 0 bridgehead atoms. The fourth-order valence-electron chi connectivity index (χ4n) is 4.66. The normalized spacial score (nSPS) is 16.5. The van der Waals surface area contributed by atoms with Crippen molar-refractivity contribution in [3.8, 4) is 5.75 Å². The van der Waals surface area contributed by atoms with Crippen LogP contribution in [0.2, 0.25) is 0 Å². The topological polar surface area (TPSA) is 64.6 Å². The smallest absolute Gasteiger partial charge is 0.336 e. The Morgan fingerprint density at radius 2 is 1.61 bits per heavy atom. The quantitative estimate of drug-likeness (QED) is 0.227. The Kier molecular flexibility index (Phi) is 7.46. The van der Waals surface area contributed by atoms with E-state index in [1.165, 1.54) is 10.7 Å². The number of methoxy groups -OCH3 is 1. The van der Waals surface area contributed by atoms with Crippen molar-refractivity contribution < 1.29 is 19.1 Å². The molecule has 0 aromatic heterocycles. The van der Waals surface area contributed by atoms with Crippen LogP contribution in [0.1, 0.15) is 39.9 Å². The highest BCUT2D eigenvalue weighted by Crippen LogP contribution is 2.48. The van der Waals surface area contributed by atoms with E-state index in [4.69, 9.17) is 9.47 Å². The lowest BCUT2D eigenvalue weighted by Crippen LogP contribution is -2.29. The lowest BCUT2D eigenvalue weighted by molar-refractivity contribution is -0.136. The average molecular weight is 815 g/mol. The second-order valence-corrected chi connectivity index (χ2v) is 12.1. The molecule has 1 heterocycles. The molecule has 1 N–H and O–H groups in total. The molecule has 3 aromatic carbocycles. The number of carbonyl (C=O) groups excluding carboxylic acids is 2. The summed E-state index contributed by atoms with van der Waals surface area (Å²) >= 11 is 6.80. The van der Waals surface area contributed by atoms with Crippen molar-refractivity contribution in [2.75, 3.05) is 7.11 Å². The summed E-state index contributed by atoms with van der Waals surface area (Å²) in [6, 6.07) is 19.8. The molecule has 8 heteroatoms. The molecule has 2 aliphatic rings. The molecule has 1 aliphatic carbocycles. The zero-order chi connectivity index (χ0) is 25.6. The molecule has 182 valence electrons. The lowest BCUT2D eigenvalue weighted by Gasteiger charge is -2.29. The van der Waals surface area contributed by atoms with E-state index in [9.17, 15) is 9.59 Å². The first-order chi connectivity index (χ1) is 17.3. The molecule has 3 aromatic rings. The van der Waals surface area contributed by atoms with Gasteiger partial charge in [-0.2, -0.15) is 0 Å². The molecule has 5 nitrogen and oxygen atoms in total. The van der Waals surface area contributed by atoms with Gasteiger partial charge in [-0.3, -0.25) is 4.79 Å². The van der Waals surface area contributed by atoms with E-state index in [-0.39, 0.29) is 5.78 Å². The van der Waals surface area contributed by atoms with Crippen LogP contribution in [-0.4, -0.2) is 18.9 Å². The minimum Gasteiger partial charge on any atom is -0.487 e. The summed E-state index contributed by atoms with van der Waals surface area (Å²) in [7, 11) is 1.36. The highest BCUT2D eigenvalue weighted by Gasteiger charge is 2.43. The van der Waals surface area contributed by atoms with Gasteiger partial charge < -0.3 is 14.8 Å². The van der Waals surface area contributed by atoms with Gasteiger partial charge in [-0.25, -0.2) is 4.79 Å². The third-order valence-corrected chi connectivity index (χ3v) is 8.63. The SMILES string of the molecule is COC(=O)C1=C(C)NC2=C(C(=O)c3ccccc32)[C@H]1c1cc(I)c(OCc2ccc(I)cc2)c(I)c1. The van der Waals surface area contributed by atoms with Crippen molar-refractivity contribution in [3.05, 3.63) is 110 Å². The molecular weight excluding hydrogens is 795 g/mol. The van der Waals surface area contributed by atoms with E-state index >= 15 is 0 Å². The molecule has 1 atom stereocenters. The van der Waals surface area contributed by atoms with E-state index in [2.05, 4.69) is 97.4 Å². The molecule has 36 heavy (non-hydrogen) atoms. The monoisotopic (exact) mass is 815 g/mol. The van der Waals surface area contributed by atoms with Gasteiger partial charge in [0.05, 0.1) is 25.5 Å². The van der Waals surface area contributed by atoms with Gasteiger partial charge in [-0.15, -0.1) is 0 Å². The summed E-state index contributed by atoms with van der Waals surface area (Å²) in [5.74, 6) is -0.302. The van der Waals surface area contributed by atoms with E-state index < -0.39 is 11.9 Å². The maximum atomic E-state index is 13.6. The van der Waals surface area contributed by atoms with Gasteiger partial charge in [0.15, 0.2) is 5.78 Å². The molecule has 0 radical (unpaired) electrons. The van der Waals surface area contributed by atoms with Crippen molar-refractivity contribution in [3.63, 3.8) is 0 Å². The minimum absolute atomic E-state index is 0.0731. The number of dihydropyridines is 1. The third kappa shape index (κ3) is 4.60. The molecule has 0 amide bonds. The number of halogens is 3. The van der Waals surface area contributed by atoms with E-state index in [1.54, 1.807) is 0 Å². The molecule has 0 unspecified atom stereocenters. The largest absolute Gasteiger partial charge is 0.487 e. The molecule has 5 rings (SSSR count). The number of benzene rings is 3. The fourth-order valence-corrected chi connectivity index (χ4v) is 7.15. The van der Waals surface area contributed by atoms with Gasteiger partial charge in [-0.1, -0.05) is 36.4 Å². The fraction of sp³-hybridized carbons (Fsp3) is 0.143. The maximum Gasteiger partial charge on any atom is 0.336 e. The summed E-state index contributed by atoms with van der Waals surface area (Å²) in [6.45, 7) is 2.30. The average Bonchev–Trinajstić information content (AvgIpc) is 3.14. The summed E-state index contributed by atoms with van der Waals surface area (Å²) in [4.78, 5) is 26.6. The predicted molar refractivity (Wildman–Crippen MR) is 164 cm³/mol. The van der Waals surface area contributed by atoms with Gasteiger partial charge in [0.25, 0.3) is 0 Å². The highest BCUT2D eigenvalue weighted by atomic mass is 127. The number of ketones is 1. The standard InChI is InChI=1S/C28H20I3NO4/c1-14-22(28(34)35-2)23(24-25(32-14)18-5-3-4-6-19(18)26(24)33)16-11-20(30)27(21(31)12-16)36-13-15-7-9-17(29)10-8-15/h3-12,23,32H,13H2,1-2H3/t23-/m0/s1. The number of Topliss-reactive ketones (excluding diaryl/α,β-unsaturated/α-hetero) is 1. The first kappa shape index (κ1) is 25.7. The van der Waals surface area contributed by atoms with Gasteiger partial charge in [0.1, 0.15) is 12.4 Å². The zero-order valence-corrected chi connectivity index (χ0v) is 25.8. The van der Waals surface area contributed by atoms with Crippen LogP contribution in [0.3, 0.4) is 0 Å². The van der Waals surface area contributed by atoms with Crippen molar-refractivity contribution in [1.82, 2.24) is 5.32 Å². The van der Waals surface area contributed by atoms with Crippen molar-refractivity contribution in [2.45, 2.75) is 19.4 Å². The molecule has 1 aliphatic heterocycles. The minimum atomic E-state index is -0.555. The maximum absolute atomic E-state index is 13.6. The van der Waals surface area contributed by atoms with Crippen LogP contribution >= 0.6 is 67.8 Å². The lowest BCUT2D eigenvalue weighted by atomic mass is 9.80. The Morgan fingerprint density at radius 1 is 0.972 bits per heavy atom. The number of esters is 1. The van der Waals surface area contributed by atoms with Gasteiger partial charge in [0, 0.05) is 31.9 Å². The predicted octanol–water partition coefficient (Wildman–Crippen LogP) is 6.82. The van der Waals surface area contributed by atoms with Crippen molar-refractivity contribution in [1.29, 1.82) is 0 Å². The number of hydrogen-bond acceptors (Lipinski definition) is 5. The molecule has 0 fully saturated rings. The molecular formula is C28H20I3NO4.